The molecule has 1 atom stereocenters. The Bertz CT molecular complexity index is 611. The molecular formula is C15H19N3O3S. The number of morpholine rings is 1. The van der Waals surface area contributed by atoms with Crippen LogP contribution in [0.4, 0.5) is 0 Å². The van der Waals surface area contributed by atoms with E-state index < -0.39 is 0 Å². The molecule has 0 N–H and O–H groups in total. The van der Waals surface area contributed by atoms with Gasteiger partial charge in [0.1, 0.15) is 0 Å². The largest absolute Gasteiger partial charge is 0.378 e. The van der Waals surface area contributed by atoms with Gasteiger partial charge >= 0.3 is 0 Å². The Hall–Kier alpha value is -1.57. The minimum atomic E-state index is 0.0559. The molecule has 3 rings (SSSR count). The summed E-state index contributed by atoms with van der Waals surface area (Å²) in [6.07, 6.45) is 1.21. The average Bonchev–Trinajstić information content (AvgIpc) is 3.20. The molecule has 118 valence electrons. The van der Waals surface area contributed by atoms with Gasteiger partial charge in [0.15, 0.2) is 11.6 Å². The fourth-order valence-corrected chi connectivity index (χ4v) is 3.18. The van der Waals surface area contributed by atoms with Gasteiger partial charge in [0.05, 0.1) is 24.6 Å². The van der Waals surface area contributed by atoms with Crippen molar-refractivity contribution in [3.8, 4) is 0 Å². The third kappa shape index (κ3) is 3.60. The molecule has 6 nitrogen and oxygen atoms in total. The van der Waals surface area contributed by atoms with Crippen molar-refractivity contribution >= 4 is 17.1 Å². The van der Waals surface area contributed by atoms with Crippen LogP contribution in [0.15, 0.2) is 22.0 Å². The summed E-state index contributed by atoms with van der Waals surface area (Å²) in [4.78, 5) is 19.6. The lowest BCUT2D eigenvalue weighted by Crippen LogP contribution is -2.45. The van der Waals surface area contributed by atoms with Crippen molar-refractivity contribution in [2.24, 2.45) is 0 Å². The molecule has 1 aliphatic heterocycles. The summed E-state index contributed by atoms with van der Waals surface area (Å²) >= 11 is 1.48. The number of aromatic nitrogens is 2. The topological polar surface area (TPSA) is 68.5 Å². The van der Waals surface area contributed by atoms with E-state index in [0.717, 1.165) is 23.7 Å². The minimum absolute atomic E-state index is 0.0559. The first-order valence-corrected chi connectivity index (χ1v) is 8.34. The third-order valence-corrected chi connectivity index (χ3v) is 4.64. The quantitative estimate of drug-likeness (QED) is 0.760. The van der Waals surface area contributed by atoms with Gasteiger partial charge in [0.2, 0.25) is 5.89 Å². The lowest BCUT2D eigenvalue weighted by molar-refractivity contribution is -0.0164. The number of carbonyl (C=O) groups excluding carboxylic acids is 1. The number of nitrogens with zero attached hydrogens (tertiary/aromatic N) is 3. The molecule has 22 heavy (non-hydrogen) atoms. The molecular weight excluding hydrogens is 302 g/mol. The van der Waals surface area contributed by atoms with Gasteiger partial charge in [-0.2, -0.15) is 4.98 Å². The number of thiophene rings is 1. The van der Waals surface area contributed by atoms with Crippen LogP contribution in [0.1, 0.15) is 34.7 Å². The molecule has 1 saturated heterocycles. The van der Waals surface area contributed by atoms with Gasteiger partial charge in [-0.15, -0.1) is 11.3 Å². The van der Waals surface area contributed by atoms with E-state index in [0.29, 0.717) is 32.1 Å². The van der Waals surface area contributed by atoms with Crippen molar-refractivity contribution in [3.05, 3.63) is 34.1 Å². The second-order valence-electron chi connectivity index (χ2n) is 5.26. The first-order chi connectivity index (χ1) is 10.8. The Morgan fingerprint density at radius 3 is 3.18 bits per heavy atom. The van der Waals surface area contributed by atoms with Crippen molar-refractivity contribution in [1.29, 1.82) is 0 Å². The van der Waals surface area contributed by atoms with Crippen LogP contribution >= 0.6 is 11.3 Å². The van der Waals surface area contributed by atoms with Gasteiger partial charge < -0.3 is 9.26 Å². The van der Waals surface area contributed by atoms with Gasteiger partial charge in [0, 0.05) is 25.4 Å². The Morgan fingerprint density at radius 1 is 1.55 bits per heavy atom. The fraction of sp³-hybridized carbons (Fsp3) is 0.533. The summed E-state index contributed by atoms with van der Waals surface area (Å²) in [5.74, 6) is 1.48. The lowest BCUT2D eigenvalue weighted by atomic mass is 10.1. The SMILES string of the molecule is CCc1noc(CN2CCOC[C@H]2CC(=O)c2cccs2)n1. The number of hydrogen-bond donors (Lipinski definition) is 0. The van der Waals surface area contributed by atoms with Crippen molar-refractivity contribution in [3.63, 3.8) is 0 Å². The number of aryl methyl sites for hydroxylation is 1. The van der Waals surface area contributed by atoms with Gasteiger partial charge in [-0.05, 0) is 11.4 Å². The van der Waals surface area contributed by atoms with Crippen LogP contribution in [0.3, 0.4) is 0 Å². The highest BCUT2D eigenvalue weighted by atomic mass is 32.1. The molecule has 1 fully saturated rings. The molecule has 3 heterocycles. The highest BCUT2D eigenvalue weighted by Gasteiger charge is 2.27. The molecule has 0 amide bonds. The van der Waals surface area contributed by atoms with E-state index in [4.69, 9.17) is 9.26 Å². The van der Waals surface area contributed by atoms with Gasteiger partial charge in [-0.3, -0.25) is 9.69 Å². The van der Waals surface area contributed by atoms with E-state index >= 15 is 0 Å². The summed E-state index contributed by atoms with van der Waals surface area (Å²) in [7, 11) is 0. The average molecular weight is 321 g/mol. The summed E-state index contributed by atoms with van der Waals surface area (Å²) in [6.45, 7) is 4.56. The van der Waals surface area contributed by atoms with Gasteiger partial charge in [-0.1, -0.05) is 18.1 Å². The number of Topliss-reactive ketones (excluding diaryl/α,β-unsaturated/α-hetero) is 1. The predicted molar refractivity (Wildman–Crippen MR) is 82.0 cm³/mol. The first kappa shape index (κ1) is 15.3. The Balaban J connectivity index is 1.64. The zero-order valence-corrected chi connectivity index (χ0v) is 13.3. The monoisotopic (exact) mass is 321 g/mol. The van der Waals surface area contributed by atoms with Crippen LogP contribution in [0.25, 0.3) is 0 Å². The number of rotatable bonds is 6. The van der Waals surface area contributed by atoms with Crippen molar-refractivity contribution in [1.82, 2.24) is 15.0 Å². The van der Waals surface area contributed by atoms with E-state index in [-0.39, 0.29) is 11.8 Å². The second-order valence-corrected chi connectivity index (χ2v) is 6.21. The molecule has 0 bridgehead atoms. The van der Waals surface area contributed by atoms with Gasteiger partial charge in [0.25, 0.3) is 0 Å². The highest BCUT2D eigenvalue weighted by molar-refractivity contribution is 7.12. The Kier molecular flexibility index (Phi) is 4.97. The standard InChI is InChI=1S/C15H19N3O3S/c1-2-14-16-15(21-17-14)9-18-5-6-20-10-11(18)8-12(19)13-4-3-7-22-13/h3-4,7,11H,2,5-6,8-10H2,1H3/t11-/m1/s1. The van der Waals surface area contributed by atoms with Crippen LogP contribution in [-0.2, 0) is 17.7 Å². The highest BCUT2D eigenvalue weighted by Crippen LogP contribution is 2.19. The number of hydrogen-bond acceptors (Lipinski definition) is 7. The van der Waals surface area contributed by atoms with E-state index in [1.54, 1.807) is 0 Å². The summed E-state index contributed by atoms with van der Waals surface area (Å²) in [6, 6.07) is 3.82. The maximum Gasteiger partial charge on any atom is 0.240 e. The molecule has 0 unspecified atom stereocenters. The molecule has 0 aromatic carbocycles. The van der Waals surface area contributed by atoms with Crippen LogP contribution in [0.2, 0.25) is 0 Å². The third-order valence-electron chi connectivity index (χ3n) is 3.73. The zero-order valence-electron chi connectivity index (χ0n) is 12.5. The molecule has 0 aliphatic carbocycles. The summed E-state index contributed by atoms with van der Waals surface area (Å²) in [5.41, 5.74) is 0. The van der Waals surface area contributed by atoms with Crippen molar-refractivity contribution in [2.75, 3.05) is 19.8 Å². The molecule has 0 radical (unpaired) electrons. The Labute approximate surface area is 133 Å². The molecule has 0 spiro atoms. The number of carbonyl (C=O) groups is 1. The van der Waals surface area contributed by atoms with Crippen molar-refractivity contribution in [2.45, 2.75) is 32.4 Å². The lowest BCUT2D eigenvalue weighted by Gasteiger charge is -2.34. The maximum atomic E-state index is 12.3. The van der Waals surface area contributed by atoms with Crippen LogP contribution in [0.5, 0.6) is 0 Å². The van der Waals surface area contributed by atoms with Crippen LogP contribution < -0.4 is 0 Å². The smallest absolute Gasteiger partial charge is 0.240 e. The van der Waals surface area contributed by atoms with E-state index in [9.17, 15) is 4.79 Å². The second kappa shape index (κ2) is 7.13. The van der Waals surface area contributed by atoms with E-state index in [2.05, 4.69) is 15.0 Å². The predicted octanol–water partition coefficient (Wildman–Crippen LogP) is 2.17. The van der Waals surface area contributed by atoms with E-state index in [1.807, 2.05) is 24.4 Å². The normalized spacial score (nSPS) is 19.4. The number of ketones is 1. The first-order valence-electron chi connectivity index (χ1n) is 7.46. The Morgan fingerprint density at radius 2 is 2.45 bits per heavy atom. The van der Waals surface area contributed by atoms with Gasteiger partial charge in [-0.25, -0.2) is 0 Å². The summed E-state index contributed by atoms with van der Waals surface area (Å²) in [5, 5.41) is 5.84. The molecule has 7 heteroatoms. The molecule has 2 aromatic heterocycles. The minimum Gasteiger partial charge on any atom is -0.378 e. The molecule has 0 saturated carbocycles. The van der Waals surface area contributed by atoms with E-state index in [1.165, 1.54) is 11.3 Å². The zero-order chi connectivity index (χ0) is 15.4. The van der Waals surface area contributed by atoms with Crippen molar-refractivity contribution < 1.29 is 14.1 Å². The number of ether oxygens (including phenoxy) is 1. The fourth-order valence-electron chi connectivity index (χ4n) is 2.51. The summed E-state index contributed by atoms with van der Waals surface area (Å²) < 4.78 is 10.8. The molecule has 2 aromatic rings. The van der Waals surface area contributed by atoms with Crippen LogP contribution in [0, 0.1) is 0 Å². The maximum absolute atomic E-state index is 12.3. The van der Waals surface area contributed by atoms with Crippen LogP contribution in [-0.4, -0.2) is 46.6 Å². The molecule has 1 aliphatic rings.